The monoisotopic (exact) mass is 304 g/mol. The first-order chi connectivity index (χ1) is 10.1. The van der Waals surface area contributed by atoms with Crippen LogP contribution in [-0.4, -0.2) is 28.9 Å². The van der Waals surface area contributed by atoms with Gasteiger partial charge in [-0.05, 0) is 44.0 Å². The number of nitrogens with one attached hydrogen (secondary N) is 1. The van der Waals surface area contributed by atoms with Crippen molar-refractivity contribution in [2.24, 2.45) is 5.84 Å². The number of hydrazine groups is 1. The number of likely N-dealkylation sites (N-methyl/N-ethyl adjacent to an activating group) is 1. The Morgan fingerprint density at radius 3 is 2.86 bits per heavy atom. The molecule has 2 rings (SSSR count). The highest BCUT2D eigenvalue weighted by atomic mass is 32.1. The number of aromatic nitrogens is 1. The van der Waals surface area contributed by atoms with E-state index in [0.717, 1.165) is 18.7 Å². The first kappa shape index (κ1) is 15.6. The second-order valence-electron chi connectivity index (χ2n) is 5.06. The molecule has 0 aliphatic heterocycles. The summed E-state index contributed by atoms with van der Waals surface area (Å²) in [6.07, 6.45) is 2.58. The van der Waals surface area contributed by atoms with Crippen LogP contribution < -0.4 is 11.3 Å². The van der Waals surface area contributed by atoms with Crippen LogP contribution in [0.5, 0.6) is 0 Å². The number of carbonyl (C=O) groups excluding carboxylic acids is 1. The Bertz CT molecular complexity index is 568. The van der Waals surface area contributed by atoms with E-state index in [-0.39, 0.29) is 5.91 Å². The molecule has 0 bridgehead atoms. The minimum absolute atomic E-state index is 0.325. The molecule has 0 aromatic carbocycles. The van der Waals surface area contributed by atoms with Crippen molar-refractivity contribution in [3.63, 3.8) is 0 Å². The van der Waals surface area contributed by atoms with Gasteiger partial charge in [-0.2, -0.15) is 0 Å². The summed E-state index contributed by atoms with van der Waals surface area (Å²) in [5.41, 5.74) is 3.50. The largest absolute Gasteiger partial charge is 0.298 e. The molecule has 6 heteroatoms. The average molecular weight is 304 g/mol. The number of rotatable bonds is 6. The van der Waals surface area contributed by atoms with Crippen LogP contribution >= 0.6 is 11.3 Å². The summed E-state index contributed by atoms with van der Waals surface area (Å²) in [6, 6.07) is 8.27. The van der Waals surface area contributed by atoms with E-state index in [1.807, 2.05) is 6.07 Å². The van der Waals surface area contributed by atoms with Crippen molar-refractivity contribution < 1.29 is 4.79 Å². The van der Waals surface area contributed by atoms with Crippen LogP contribution in [-0.2, 0) is 13.0 Å². The third-order valence-electron chi connectivity index (χ3n) is 3.46. The summed E-state index contributed by atoms with van der Waals surface area (Å²) in [6.45, 7) is 2.95. The van der Waals surface area contributed by atoms with Gasteiger partial charge < -0.3 is 0 Å². The minimum atomic E-state index is -0.325. The molecular weight excluding hydrogens is 284 g/mol. The number of hydrogen-bond acceptors (Lipinski definition) is 5. The Morgan fingerprint density at radius 2 is 2.29 bits per heavy atom. The van der Waals surface area contributed by atoms with Gasteiger partial charge in [-0.25, -0.2) is 5.84 Å². The number of pyridine rings is 1. The summed E-state index contributed by atoms with van der Waals surface area (Å²) in [7, 11) is 2.08. The standard InChI is InChI=1S/C15H20N4OS/c1-11(8-14-4-3-7-21-14)19(2)10-13-6-5-12(9-17-13)15(20)18-16/h3-7,9,11H,8,10,16H2,1-2H3,(H,18,20). The average Bonchev–Trinajstić information content (AvgIpc) is 3.00. The van der Waals surface area contributed by atoms with Crippen molar-refractivity contribution in [2.45, 2.75) is 25.9 Å². The Hall–Kier alpha value is -1.76. The lowest BCUT2D eigenvalue weighted by Gasteiger charge is -2.24. The van der Waals surface area contributed by atoms with Gasteiger partial charge in [0.05, 0.1) is 11.3 Å². The van der Waals surface area contributed by atoms with Gasteiger partial charge in [0.15, 0.2) is 0 Å². The summed E-state index contributed by atoms with van der Waals surface area (Å²) in [5, 5.41) is 2.10. The second kappa shape index (κ2) is 7.31. The maximum Gasteiger partial charge on any atom is 0.266 e. The van der Waals surface area contributed by atoms with Gasteiger partial charge in [-0.15, -0.1) is 11.3 Å². The van der Waals surface area contributed by atoms with Gasteiger partial charge in [0.2, 0.25) is 0 Å². The zero-order valence-corrected chi connectivity index (χ0v) is 13.1. The maximum absolute atomic E-state index is 11.3. The van der Waals surface area contributed by atoms with Crippen LogP contribution in [0.4, 0.5) is 0 Å². The number of hydrogen-bond donors (Lipinski definition) is 2. The molecule has 0 aliphatic carbocycles. The van der Waals surface area contributed by atoms with E-state index in [2.05, 4.69) is 46.8 Å². The van der Waals surface area contributed by atoms with Crippen LogP contribution in [0.15, 0.2) is 35.8 Å². The number of carbonyl (C=O) groups is 1. The quantitative estimate of drug-likeness (QED) is 0.485. The number of thiophene rings is 1. The van der Waals surface area contributed by atoms with Crippen molar-refractivity contribution in [2.75, 3.05) is 7.05 Å². The van der Waals surface area contributed by atoms with Gasteiger partial charge in [0, 0.05) is 23.7 Å². The predicted molar refractivity (Wildman–Crippen MR) is 84.8 cm³/mol. The van der Waals surface area contributed by atoms with Gasteiger partial charge >= 0.3 is 0 Å². The summed E-state index contributed by atoms with van der Waals surface area (Å²) in [5.74, 6) is 4.77. The highest BCUT2D eigenvalue weighted by Gasteiger charge is 2.12. The van der Waals surface area contributed by atoms with E-state index in [0.29, 0.717) is 11.6 Å². The second-order valence-corrected chi connectivity index (χ2v) is 6.09. The van der Waals surface area contributed by atoms with Crippen molar-refractivity contribution >= 4 is 17.2 Å². The number of nitrogens with zero attached hydrogens (tertiary/aromatic N) is 2. The lowest BCUT2D eigenvalue weighted by Crippen LogP contribution is -2.31. The lowest BCUT2D eigenvalue weighted by atomic mass is 10.1. The van der Waals surface area contributed by atoms with Crippen molar-refractivity contribution in [3.8, 4) is 0 Å². The molecule has 1 amide bonds. The van der Waals surface area contributed by atoms with Gasteiger partial charge in [-0.3, -0.25) is 20.1 Å². The van der Waals surface area contributed by atoms with Crippen molar-refractivity contribution in [3.05, 3.63) is 52.0 Å². The van der Waals surface area contributed by atoms with Gasteiger partial charge in [-0.1, -0.05) is 6.07 Å². The number of nitrogens with two attached hydrogens (primary N) is 1. The fourth-order valence-corrected chi connectivity index (χ4v) is 2.85. The molecular formula is C15H20N4OS. The van der Waals surface area contributed by atoms with Crippen LogP contribution in [0.25, 0.3) is 0 Å². The third-order valence-corrected chi connectivity index (χ3v) is 4.36. The summed E-state index contributed by atoms with van der Waals surface area (Å²) < 4.78 is 0. The van der Waals surface area contributed by atoms with E-state index in [9.17, 15) is 4.79 Å². The Morgan fingerprint density at radius 1 is 1.48 bits per heavy atom. The topological polar surface area (TPSA) is 71.2 Å². The van der Waals surface area contributed by atoms with Gasteiger partial charge in [0.25, 0.3) is 5.91 Å². The maximum atomic E-state index is 11.3. The van der Waals surface area contributed by atoms with Crippen molar-refractivity contribution in [1.82, 2.24) is 15.3 Å². The fraction of sp³-hybridized carbons (Fsp3) is 0.333. The number of nitrogen functional groups attached to an aromatic ring is 1. The van der Waals surface area contributed by atoms with Crippen molar-refractivity contribution in [1.29, 1.82) is 0 Å². The van der Waals surface area contributed by atoms with E-state index >= 15 is 0 Å². The van der Waals surface area contributed by atoms with E-state index in [1.165, 1.54) is 4.88 Å². The molecule has 2 aromatic heterocycles. The Kier molecular flexibility index (Phi) is 5.44. The molecule has 3 N–H and O–H groups in total. The van der Waals surface area contributed by atoms with E-state index < -0.39 is 0 Å². The SMILES string of the molecule is CC(Cc1cccs1)N(C)Cc1ccc(C(=O)NN)cn1. The minimum Gasteiger partial charge on any atom is -0.298 e. The van der Waals surface area contributed by atoms with E-state index in [4.69, 9.17) is 5.84 Å². The summed E-state index contributed by atoms with van der Waals surface area (Å²) in [4.78, 5) is 19.3. The van der Waals surface area contributed by atoms with Crippen LogP contribution in [0.3, 0.4) is 0 Å². The molecule has 0 fully saturated rings. The van der Waals surface area contributed by atoms with Gasteiger partial charge in [0.1, 0.15) is 0 Å². The van der Waals surface area contributed by atoms with Crippen LogP contribution in [0.2, 0.25) is 0 Å². The zero-order chi connectivity index (χ0) is 15.2. The fourth-order valence-electron chi connectivity index (χ4n) is 2.02. The molecule has 0 saturated carbocycles. The van der Waals surface area contributed by atoms with E-state index in [1.54, 1.807) is 23.6 Å². The predicted octanol–water partition coefficient (Wildman–Crippen LogP) is 1.81. The zero-order valence-electron chi connectivity index (χ0n) is 12.2. The third kappa shape index (κ3) is 4.35. The summed E-state index contributed by atoms with van der Waals surface area (Å²) >= 11 is 1.78. The molecule has 5 nitrogen and oxygen atoms in total. The first-order valence-corrected chi connectivity index (χ1v) is 7.66. The number of amides is 1. The lowest BCUT2D eigenvalue weighted by molar-refractivity contribution is 0.0953. The molecule has 0 radical (unpaired) electrons. The molecule has 1 atom stereocenters. The smallest absolute Gasteiger partial charge is 0.266 e. The first-order valence-electron chi connectivity index (χ1n) is 6.78. The van der Waals surface area contributed by atoms with Crippen LogP contribution in [0.1, 0.15) is 27.9 Å². The highest BCUT2D eigenvalue weighted by Crippen LogP contribution is 2.14. The molecule has 0 saturated heterocycles. The molecule has 1 unspecified atom stereocenters. The molecule has 0 aliphatic rings. The Balaban J connectivity index is 1.92. The molecule has 2 aromatic rings. The normalized spacial score (nSPS) is 12.4. The molecule has 2 heterocycles. The Labute approximate surface area is 128 Å². The molecule has 112 valence electrons. The highest BCUT2D eigenvalue weighted by molar-refractivity contribution is 7.09. The molecule has 0 spiro atoms. The van der Waals surface area contributed by atoms with Crippen LogP contribution in [0, 0.1) is 0 Å². The molecule has 21 heavy (non-hydrogen) atoms.